The molecular formula is C14H8BrClN2O2. The van der Waals surface area contributed by atoms with E-state index in [1.54, 1.807) is 34.9 Å². The van der Waals surface area contributed by atoms with Gasteiger partial charge in [-0.2, -0.15) is 0 Å². The number of nitrogens with zero attached hydrogens (tertiary/aromatic N) is 2. The fourth-order valence-electron chi connectivity index (χ4n) is 2.19. The van der Waals surface area contributed by atoms with Crippen LogP contribution in [-0.2, 0) is 0 Å². The van der Waals surface area contributed by atoms with Crippen LogP contribution in [0, 0.1) is 10.1 Å². The van der Waals surface area contributed by atoms with Crippen LogP contribution in [0.5, 0.6) is 0 Å². The number of hydrogen-bond acceptors (Lipinski definition) is 2. The van der Waals surface area contributed by atoms with E-state index in [1.807, 2.05) is 12.1 Å². The second-order valence-corrected chi connectivity index (χ2v) is 5.50. The summed E-state index contributed by atoms with van der Waals surface area (Å²) in [5.41, 5.74) is 1.37. The minimum absolute atomic E-state index is 0.0469. The average Bonchev–Trinajstić information content (AvgIpc) is 2.74. The summed E-state index contributed by atoms with van der Waals surface area (Å²) < 4.78 is 2.52. The van der Waals surface area contributed by atoms with E-state index >= 15 is 0 Å². The molecule has 1 heterocycles. The Bertz CT molecular complexity index is 829. The minimum Gasteiger partial charge on any atom is -0.298 e. The molecule has 0 fully saturated rings. The number of aromatic nitrogens is 1. The Morgan fingerprint density at radius 1 is 1.15 bits per heavy atom. The van der Waals surface area contributed by atoms with Crippen LogP contribution in [0.1, 0.15) is 0 Å². The first kappa shape index (κ1) is 13.1. The van der Waals surface area contributed by atoms with Gasteiger partial charge >= 0.3 is 0 Å². The van der Waals surface area contributed by atoms with Gasteiger partial charge in [0, 0.05) is 16.5 Å². The van der Waals surface area contributed by atoms with Crippen molar-refractivity contribution in [2.75, 3.05) is 0 Å². The van der Waals surface area contributed by atoms with Crippen molar-refractivity contribution in [1.82, 2.24) is 4.57 Å². The Morgan fingerprint density at radius 2 is 1.90 bits per heavy atom. The molecule has 4 nitrogen and oxygen atoms in total. The number of hydrogen-bond donors (Lipinski definition) is 0. The first-order valence-corrected chi connectivity index (χ1v) is 6.95. The maximum absolute atomic E-state index is 11.2. The topological polar surface area (TPSA) is 48.1 Å². The minimum atomic E-state index is -0.391. The summed E-state index contributed by atoms with van der Waals surface area (Å²) in [6, 6.07) is 14.0. The van der Waals surface area contributed by atoms with Crippen LogP contribution < -0.4 is 0 Å². The van der Waals surface area contributed by atoms with Gasteiger partial charge in [0.05, 0.1) is 15.0 Å². The van der Waals surface area contributed by atoms with Crippen molar-refractivity contribution in [3.8, 4) is 5.69 Å². The van der Waals surface area contributed by atoms with E-state index < -0.39 is 4.92 Å². The molecule has 0 spiro atoms. The van der Waals surface area contributed by atoms with Crippen molar-refractivity contribution in [3.05, 3.63) is 68.3 Å². The fourth-order valence-corrected chi connectivity index (χ4v) is 2.99. The molecule has 0 bridgehead atoms. The zero-order chi connectivity index (χ0) is 14.3. The summed E-state index contributed by atoms with van der Waals surface area (Å²) in [4.78, 5) is 10.8. The van der Waals surface area contributed by atoms with Gasteiger partial charge in [0.25, 0.3) is 5.69 Å². The maximum Gasteiger partial charge on any atom is 0.293 e. The Labute approximate surface area is 127 Å². The van der Waals surface area contributed by atoms with Crippen molar-refractivity contribution in [2.45, 2.75) is 0 Å². The second-order valence-electron chi connectivity index (χ2n) is 4.25. The molecule has 0 atom stereocenters. The number of para-hydroxylation sites is 2. The Hall–Kier alpha value is -1.85. The molecule has 3 rings (SSSR count). The summed E-state index contributed by atoms with van der Waals surface area (Å²) in [7, 11) is 0. The number of benzene rings is 2. The van der Waals surface area contributed by atoms with Crippen LogP contribution in [0.25, 0.3) is 16.6 Å². The standard InChI is InChI=1S/C14H8BrClN2O2/c15-14-7-9-5-6-10(16)8-13(9)17(14)11-3-1-2-4-12(11)18(19)20/h1-8H. The predicted molar refractivity (Wildman–Crippen MR) is 82.6 cm³/mol. The van der Waals surface area contributed by atoms with E-state index in [-0.39, 0.29) is 5.69 Å². The summed E-state index contributed by atoms with van der Waals surface area (Å²) in [5, 5.41) is 12.7. The van der Waals surface area contributed by atoms with Crippen LogP contribution in [0.2, 0.25) is 5.02 Å². The van der Waals surface area contributed by atoms with Crippen LogP contribution >= 0.6 is 27.5 Å². The van der Waals surface area contributed by atoms with Crippen molar-refractivity contribution >= 4 is 44.1 Å². The number of nitro groups is 1. The summed E-state index contributed by atoms with van der Waals surface area (Å²) in [5.74, 6) is 0. The molecule has 0 aliphatic carbocycles. The van der Waals surface area contributed by atoms with Crippen LogP contribution in [0.15, 0.2) is 53.1 Å². The smallest absolute Gasteiger partial charge is 0.293 e. The quantitative estimate of drug-likeness (QED) is 0.484. The van der Waals surface area contributed by atoms with Gasteiger partial charge in [0.1, 0.15) is 5.69 Å². The third-order valence-electron chi connectivity index (χ3n) is 3.04. The number of nitro benzene ring substituents is 1. The van der Waals surface area contributed by atoms with Gasteiger partial charge < -0.3 is 0 Å². The van der Waals surface area contributed by atoms with Gasteiger partial charge in [-0.05, 0) is 40.2 Å². The molecule has 0 unspecified atom stereocenters. The van der Waals surface area contributed by atoms with Gasteiger partial charge in [0.15, 0.2) is 0 Å². The highest BCUT2D eigenvalue weighted by Crippen LogP contribution is 2.33. The molecular weight excluding hydrogens is 344 g/mol. The van der Waals surface area contributed by atoms with Crippen LogP contribution in [0.4, 0.5) is 5.69 Å². The average molecular weight is 352 g/mol. The first-order valence-electron chi connectivity index (χ1n) is 5.78. The van der Waals surface area contributed by atoms with Crippen molar-refractivity contribution < 1.29 is 4.92 Å². The van der Waals surface area contributed by atoms with E-state index in [1.165, 1.54) is 6.07 Å². The van der Waals surface area contributed by atoms with Crippen LogP contribution in [0.3, 0.4) is 0 Å². The predicted octanol–water partition coefficient (Wildman–Crippen LogP) is 4.95. The van der Waals surface area contributed by atoms with Gasteiger partial charge in [-0.3, -0.25) is 14.7 Å². The van der Waals surface area contributed by atoms with E-state index in [0.717, 1.165) is 15.5 Å². The normalized spacial score (nSPS) is 10.9. The SMILES string of the molecule is O=[N+]([O-])c1ccccc1-n1c(Br)cc2ccc(Cl)cc21. The summed E-state index contributed by atoms with van der Waals surface area (Å²) in [6.07, 6.45) is 0. The summed E-state index contributed by atoms with van der Waals surface area (Å²) >= 11 is 9.48. The second kappa shape index (κ2) is 4.92. The molecule has 3 aromatic rings. The Kier molecular flexibility index (Phi) is 3.23. The van der Waals surface area contributed by atoms with Gasteiger partial charge in [0.2, 0.25) is 0 Å². The monoisotopic (exact) mass is 350 g/mol. The molecule has 0 N–H and O–H groups in total. The van der Waals surface area contributed by atoms with E-state index in [0.29, 0.717) is 10.7 Å². The number of fused-ring (bicyclic) bond motifs is 1. The van der Waals surface area contributed by atoms with E-state index in [4.69, 9.17) is 11.6 Å². The highest BCUT2D eigenvalue weighted by atomic mass is 79.9. The van der Waals surface area contributed by atoms with Gasteiger partial charge in [-0.25, -0.2) is 0 Å². The number of halogens is 2. The van der Waals surface area contributed by atoms with Crippen molar-refractivity contribution in [3.63, 3.8) is 0 Å². The molecule has 6 heteroatoms. The molecule has 20 heavy (non-hydrogen) atoms. The largest absolute Gasteiger partial charge is 0.298 e. The molecule has 100 valence electrons. The molecule has 0 aliphatic heterocycles. The van der Waals surface area contributed by atoms with E-state index in [2.05, 4.69) is 15.9 Å². The molecule has 0 radical (unpaired) electrons. The lowest BCUT2D eigenvalue weighted by Gasteiger charge is -2.08. The zero-order valence-corrected chi connectivity index (χ0v) is 12.4. The van der Waals surface area contributed by atoms with E-state index in [9.17, 15) is 10.1 Å². The highest BCUT2D eigenvalue weighted by molar-refractivity contribution is 9.10. The Morgan fingerprint density at radius 3 is 2.65 bits per heavy atom. The fraction of sp³-hybridized carbons (Fsp3) is 0. The third kappa shape index (κ3) is 2.09. The molecule has 0 amide bonds. The molecule has 0 saturated heterocycles. The maximum atomic E-state index is 11.2. The Balaban J connectivity index is 2.38. The molecule has 0 saturated carbocycles. The molecule has 1 aromatic heterocycles. The zero-order valence-electron chi connectivity index (χ0n) is 10.1. The first-order chi connectivity index (χ1) is 9.58. The van der Waals surface area contributed by atoms with Crippen molar-refractivity contribution in [2.24, 2.45) is 0 Å². The lowest BCUT2D eigenvalue weighted by molar-refractivity contribution is -0.384. The lowest BCUT2D eigenvalue weighted by Crippen LogP contribution is -1.99. The van der Waals surface area contributed by atoms with Crippen LogP contribution in [-0.4, -0.2) is 9.49 Å². The molecule has 0 aliphatic rings. The van der Waals surface area contributed by atoms with Gasteiger partial charge in [-0.15, -0.1) is 0 Å². The molecule has 2 aromatic carbocycles. The lowest BCUT2D eigenvalue weighted by atomic mass is 10.2. The number of rotatable bonds is 2. The van der Waals surface area contributed by atoms with Crippen molar-refractivity contribution in [1.29, 1.82) is 0 Å². The third-order valence-corrected chi connectivity index (χ3v) is 3.86. The summed E-state index contributed by atoms with van der Waals surface area (Å²) in [6.45, 7) is 0. The van der Waals surface area contributed by atoms with Gasteiger partial charge in [-0.1, -0.05) is 29.8 Å². The highest BCUT2D eigenvalue weighted by Gasteiger charge is 2.18.